The van der Waals surface area contributed by atoms with Crippen molar-refractivity contribution in [3.05, 3.63) is 33.9 Å². The van der Waals surface area contributed by atoms with Crippen LogP contribution in [0, 0.1) is 16.0 Å². The lowest BCUT2D eigenvalue weighted by molar-refractivity contribution is -0.385. The van der Waals surface area contributed by atoms with E-state index in [2.05, 4.69) is 0 Å². The first-order valence-corrected chi connectivity index (χ1v) is 7.38. The van der Waals surface area contributed by atoms with E-state index in [1.54, 1.807) is 6.92 Å². The van der Waals surface area contributed by atoms with E-state index in [0.717, 1.165) is 0 Å². The second-order valence-corrected chi connectivity index (χ2v) is 5.25. The first-order valence-electron chi connectivity index (χ1n) is 7.38. The number of carbonyl (C=O) groups is 2. The van der Waals surface area contributed by atoms with Crippen LogP contribution in [0.1, 0.15) is 30.1 Å². The molecular weight excluding hydrogens is 304 g/mol. The van der Waals surface area contributed by atoms with Gasteiger partial charge in [-0.3, -0.25) is 19.7 Å². The Bertz CT molecular complexity index is 622. The van der Waals surface area contributed by atoms with Gasteiger partial charge in [-0.2, -0.15) is 0 Å². The van der Waals surface area contributed by atoms with E-state index in [4.69, 9.17) is 9.84 Å². The summed E-state index contributed by atoms with van der Waals surface area (Å²) in [5, 5.41) is 20.2. The van der Waals surface area contributed by atoms with Gasteiger partial charge in [0.15, 0.2) is 5.56 Å². The SMILES string of the molecule is CCOc1cccc([N+](=O)[O-])c1C(=O)N1CCC(C(=O)O)CC1. The van der Waals surface area contributed by atoms with Crippen molar-refractivity contribution in [2.75, 3.05) is 19.7 Å². The second kappa shape index (κ2) is 7.08. The van der Waals surface area contributed by atoms with Crippen molar-refractivity contribution in [1.82, 2.24) is 4.90 Å². The minimum Gasteiger partial charge on any atom is -0.493 e. The van der Waals surface area contributed by atoms with Gasteiger partial charge in [-0.15, -0.1) is 0 Å². The Balaban J connectivity index is 2.28. The van der Waals surface area contributed by atoms with Gasteiger partial charge in [0, 0.05) is 19.2 Å². The van der Waals surface area contributed by atoms with Crippen LogP contribution < -0.4 is 4.74 Å². The highest BCUT2D eigenvalue weighted by molar-refractivity contribution is 6.01. The maximum atomic E-state index is 12.7. The molecule has 0 radical (unpaired) electrons. The number of carboxylic acid groups (broad SMARTS) is 1. The van der Waals surface area contributed by atoms with Crippen molar-refractivity contribution in [3.8, 4) is 5.75 Å². The third-order valence-electron chi connectivity index (χ3n) is 3.85. The van der Waals surface area contributed by atoms with Crippen LogP contribution in [0.15, 0.2) is 18.2 Å². The molecule has 23 heavy (non-hydrogen) atoms. The number of ether oxygens (including phenoxy) is 1. The van der Waals surface area contributed by atoms with Gasteiger partial charge < -0.3 is 14.7 Å². The second-order valence-electron chi connectivity index (χ2n) is 5.25. The molecule has 1 amide bonds. The van der Waals surface area contributed by atoms with Crippen LogP contribution >= 0.6 is 0 Å². The number of amides is 1. The third-order valence-corrected chi connectivity index (χ3v) is 3.85. The van der Waals surface area contributed by atoms with Crippen LogP contribution in [0.5, 0.6) is 5.75 Å². The molecule has 0 atom stereocenters. The van der Waals surface area contributed by atoms with Crippen molar-refractivity contribution in [2.45, 2.75) is 19.8 Å². The number of piperidine rings is 1. The smallest absolute Gasteiger partial charge is 0.306 e. The molecule has 1 aromatic rings. The largest absolute Gasteiger partial charge is 0.493 e. The Labute approximate surface area is 132 Å². The first kappa shape index (κ1) is 16.7. The molecule has 1 fully saturated rings. The van der Waals surface area contributed by atoms with Gasteiger partial charge in [0.05, 0.1) is 17.4 Å². The highest BCUT2D eigenvalue weighted by atomic mass is 16.6. The number of benzene rings is 1. The van der Waals surface area contributed by atoms with Crippen LogP contribution in [-0.2, 0) is 4.79 Å². The van der Waals surface area contributed by atoms with Gasteiger partial charge in [0.1, 0.15) is 5.75 Å². The molecule has 1 saturated heterocycles. The Hall–Kier alpha value is -2.64. The van der Waals surface area contributed by atoms with E-state index < -0.39 is 22.7 Å². The van der Waals surface area contributed by atoms with Gasteiger partial charge in [-0.1, -0.05) is 6.07 Å². The maximum Gasteiger partial charge on any atom is 0.306 e. The highest BCUT2D eigenvalue weighted by Gasteiger charge is 2.32. The average molecular weight is 322 g/mol. The molecule has 0 bridgehead atoms. The number of likely N-dealkylation sites (tertiary alicyclic amines) is 1. The fraction of sp³-hybridized carbons (Fsp3) is 0.467. The number of rotatable bonds is 5. The Morgan fingerprint density at radius 1 is 1.39 bits per heavy atom. The number of aliphatic carboxylic acids is 1. The fourth-order valence-electron chi connectivity index (χ4n) is 2.65. The summed E-state index contributed by atoms with van der Waals surface area (Å²) in [7, 11) is 0. The van der Waals surface area contributed by atoms with E-state index in [1.165, 1.54) is 23.1 Å². The normalized spacial score (nSPS) is 15.3. The van der Waals surface area contributed by atoms with Crippen molar-refractivity contribution < 1.29 is 24.4 Å². The quantitative estimate of drug-likeness (QED) is 0.655. The molecule has 1 aromatic carbocycles. The Morgan fingerprint density at radius 3 is 2.57 bits per heavy atom. The zero-order valence-electron chi connectivity index (χ0n) is 12.7. The molecule has 0 unspecified atom stereocenters. The lowest BCUT2D eigenvalue weighted by atomic mass is 9.96. The molecule has 8 heteroatoms. The molecule has 8 nitrogen and oxygen atoms in total. The van der Waals surface area contributed by atoms with E-state index in [0.29, 0.717) is 12.8 Å². The average Bonchev–Trinajstić information content (AvgIpc) is 2.54. The monoisotopic (exact) mass is 322 g/mol. The van der Waals surface area contributed by atoms with Gasteiger partial charge in [0.25, 0.3) is 11.6 Å². The number of carbonyl (C=O) groups excluding carboxylic acids is 1. The number of hydrogen-bond donors (Lipinski definition) is 1. The standard InChI is InChI=1S/C15H18N2O6/c1-2-23-12-5-3-4-11(17(21)22)13(12)14(18)16-8-6-10(7-9-16)15(19)20/h3-5,10H,2,6-9H2,1H3,(H,19,20). The zero-order chi connectivity index (χ0) is 17.0. The summed E-state index contributed by atoms with van der Waals surface area (Å²) in [5.74, 6) is -1.68. The summed E-state index contributed by atoms with van der Waals surface area (Å²) in [6, 6.07) is 4.25. The van der Waals surface area contributed by atoms with Crippen LogP contribution in [0.2, 0.25) is 0 Å². The molecule has 1 heterocycles. The molecule has 0 spiro atoms. The topological polar surface area (TPSA) is 110 Å². The molecule has 0 aromatic heterocycles. The Kier molecular flexibility index (Phi) is 5.15. The minimum absolute atomic E-state index is 0.0758. The number of nitro benzene ring substituents is 1. The molecule has 0 saturated carbocycles. The summed E-state index contributed by atoms with van der Waals surface area (Å²) < 4.78 is 5.35. The predicted octanol–water partition coefficient (Wildman–Crippen LogP) is 1.93. The van der Waals surface area contributed by atoms with Gasteiger partial charge in [0.2, 0.25) is 0 Å². The minimum atomic E-state index is -0.877. The molecule has 124 valence electrons. The van der Waals surface area contributed by atoms with E-state index in [9.17, 15) is 19.7 Å². The number of nitro groups is 1. The summed E-state index contributed by atoms with van der Waals surface area (Å²) in [6.07, 6.45) is 0.678. The van der Waals surface area contributed by atoms with Gasteiger partial charge in [-0.25, -0.2) is 0 Å². The molecule has 1 aliphatic heterocycles. The molecule has 1 N–H and O–H groups in total. The van der Waals surface area contributed by atoms with Crippen molar-refractivity contribution in [1.29, 1.82) is 0 Å². The summed E-state index contributed by atoms with van der Waals surface area (Å²) in [6.45, 7) is 2.52. The van der Waals surface area contributed by atoms with Crippen LogP contribution in [0.4, 0.5) is 5.69 Å². The van der Waals surface area contributed by atoms with Crippen molar-refractivity contribution in [3.63, 3.8) is 0 Å². The van der Waals surface area contributed by atoms with Gasteiger partial charge in [-0.05, 0) is 25.8 Å². The Morgan fingerprint density at radius 2 is 2.04 bits per heavy atom. The van der Waals surface area contributed by atoms with Crippen molar-refractivity contribution >= 4 is 17.6 Å². The summed E-state index contributed by atoms with van der Waals surface area (Å²) in [5.41, 5.74) is -0.380. The summed E-state index contributed by atoms with van der Waals surface area (Å²) in [4.78, 5) is 35.7. The third kappa shape index (κ3) is 3.58. The zero-order valence-corrected chi connectivity index (χ0v) is 12.7. The van der Waals surface area contributed by atoms with Crippen LogP contribution in [-0.4, -0.2) is 46.5 Å². The van der Waals surface area contributed by atoms with E-state index in [1.807, 2.05) is 0 Å². The molecule has 1 aliphatic rings. The van der Waals surface area contributed by atoms with Crippen LogP contribution in [0.3, 0.4) is 0 Å². The van der Waals surface area contributed by atoms with E-state index in [-0.39, 0.29) is 36.7 Å². The summed E-state index contributed by atoms with van der Waals surface area (Å²) >= 11 is 0. The van der Waals surface area contributed by atoms with Crippen LogP contribution in [0.25, 0.3) is 0 Å². The predicted molar refractivity (Wildman–Crippen MR) is 80.5 cm³/mol. The number of carboxylic acids is 1. The number of nitrogens with zero attached hydrogens (tertiary/aromatic N) is 2. The lowest BCUT2D eigenvalue weighted by Crippen LogP contribution is -2.40. The molecule has 0 aliphatic carbocycles. The molecule has 2 rings (SSSR count). The highest BCUT2D eigenvalue weighted by Crippen LogP contribution is 2.31. The fourth-order valence-corrected chi connectivity index (χ4v) is 2.65. The number of hydrogen-bond acceptors (Lipinski definition) is 5. The van der Waals surface area contributed by atoms with Crippen molar-refractivity contribution in [2.24, 2.45) is 5.92 Å². The van der Waals surface area contributed by atoms with E-state index >= 15 is 0 Å². The first-order chi connectivity index (χ1) is 11.0. The molecular formula is C15H18N2O6. The van der Waals surface area contributed by atoms with Gasteiger partial charge >= 0.3 is 5.97 Å². The maximum absolute atomic E-state index is 12.7. The lowest BCUT2D eigenvalue weighted by Gasteiger charge is -2.30.